The first kappa shape index (κ1) is 13.9. The number of anilines is 1. The Morgan fingerprint density at radius 3 is 2.67 bits per heavy atom. The van der Waals surface area contributed by atoms with Gasteiger partial charge in [0.15, 0.2) is 0 Å². The molecule has 0 N–H and O–H groups in total. The van der Waals surface area contributed by atoms with Gasteiger partial charge < -0.3 is 4.90 Å². The van der Waals surface area contributed by atoms with E-state index in [0.29, 0.717) is 11.0 Å². The summed E-state index contributed by atoms with van der Waals surface area (Å²) in [4.78, 5) is 6.78. The van der Waals surface area contributed by atoms with Gasteiger partial charge >= 0.3 is 0 Å². The van der Waals surface area contributed by atoms with E-state index in [1.54, 1.807) is 6.20 Å². The summed E-state index contributed by atoms with van der Waals surface area (Å²) in [5.41, 5.74) is 3.18. The summed E-state index contributed by atoms with van der Waals surface area (Å²) < 4.78 is 0. The number of rotatable bonds is 2. The fourth-order valence-corrected chi connectivity index (χ4v) is 3.17. The van der Waals surface area contributed by atoms with Gasteiger partial charge in [-0.2, -0.15) is 5.26 Å². The van der Waals surface area contributed by atoms with E-state index < -0.39 is 0 Å². The van der Waals surface area contributed by atoms with Crippen molar-refractivity contribution in [2.75, 3.05) is 18.0 Å². The number of hydrogen-bond acceptors (Lipinski definition) is 3. The standard InChI is InChI=1S/C18H21N3/c1-3-18(2)8-10-21(11-9-18)17-14(12-19)13-20-16-7-5-4-6-15(16)17/h4-7,13H,3,8-11H2,1-2H3. The quantitative estimate of drug-likeness (QED) is 0.830. The molecule has 2 heterocycles. The van der Waals surface area contributed by atoms with Crippen LogP contribution in [0.3, 0.4) is 0 Å². The van der Waals surface area contributed by atoms with Crippen molar-refractivity contribution >= 4 is 16.6 Å². The van der Waals surface area contributed by atoms with Crippen molar-refractivity contribution in [2.45, 2.75) is 33.1 Å². The maximum atomic E-state index is 9.44. The SMILES string of the molecule is CCC1(C)CCN(c2c(C#N)cnc3ccccc23)CC1. The Morgan fingerprint density at radius 2 is 2.00 bits per heavy atom. The molecule has 0 radical (unpaired) electrons. The highest BCUT2D eigenvalue weighted by Gasteiger charge is 2.29. The average molecular weight is 279 g/mol. The van der Waals surface area contributed by atoms with Crippen molar-refractivity contribution in [3.63, 3.8) is 0 Å². The summed E-state index contributed by atoms with van der Waals surface area (Å²) in [6, 6.07) is 10.4. The smallest absolute Gasteiger partial charge is 0.103 e. The Morgan fingerprint density at radius 1 is 1.29 bits per heavy atom. The first-order valence-electron chi connectivity index (χ1n) is 7.70. The largest absolute Gasteiger partial charge is 0.370 e. The second-order valence-corrected chi connectivity index (χ2v) is 6.30. The molecule has 0 bridgehead atoms. The Balaban J connectivity index is 2.02. The highest BCUT2D eigenvalue weighted by Crippen LogP contribution is 2.38. The predicted molar refractivity (Wildman–Crippen MR) is 86.3 cm³/mol. The second kappa shape index (κ2) is 5.37. The van der Waals surface area contributed by atoms with Crippen LogP contribution in [-0.2, 0) is 0 Å². The molecule has 0 amide bonds. The molecular weight excluding hydrogens is 258 g/mol. The highest BCUT2D eigenvalue weighted by molar-refractivity contribution is 5.94. The van der Waals surface area contributed by atoms with Crippen molar-refractivity contribution in [1.29, 1.82) is 5.26 Å². The zero-order valence-electron chi connectivity index (χ0n) is 12.8. The number of piperidine rings is 1. The maximum Gasteiger partial charge on any atom is 0.103 e. The van der Waals surface area contributed by atoms with Crippen molar-refractivity contribution < 1.29 is 0 Å². The lowest BCUT2D eigenvalue weighted by molar-refractivity contribution is 0.238. The van der Waals surface area contributed by atoms with Gasteiger partial charge in [0.2, 0.25) is 0 Å². The molecule has 1 saturated heterocycles. The van der Waals surface area contributed by atoms with Crippen molar-refractivity contribution in [1.82, 2.24) is 4.98 Å². The zero-order valence-corrected chi connectivity index (χ0v) is 12.8. The Labute approximate surface area is 126 Å². The molecule has 0 saturated carbocycles. The number of aromatic nitrogens is 1. The van der Waals surface area contributed by atoms with Crippen LogP contribution in [0.25, 0.3) is 10.9 Å². The van der Waals surface area contributed by atoms with Crippen LogP contribution in [0.4, 0.5) is 5.69 Å². The van der Waals surface area contributed by atoms with Crippen LogP contribution in [-0.4, -0.2) is 18.1 Å². The van der Waals surface area contributed by atoms with Crippen molar-refractivity contribution in [3.05, 3.63) is 36.0 Å². The van der Waals surface area contributed by atoms with Gasteiger partial charge in [0.25, 0.3) is 0 Å². The fourth-order valence-electron chi connectivity index (χ4n) is 3.17. The molecule has 3 rings (SSSR count). The van der Waals surface area contributed by atoms with Crippen LogP contribution in [0.2, 0.25) is 0 Å². The molecule has 1 aromatic carbocycles. The lowest BCUT2D eigenvalue weighted by atomic mass is 9.78. The van der Waals surface area contributed by atoms with Crippen LogP contribution < -0.4 is 4.90 Å². The van der Waals surface area contributed by atoms with Crippen molar-refractivity contribution in [2.24, 2.45) is 5.41 Å². The number of benzene rings is 1. The Hall–Kier alpha value is -2.08. The third-order valence-corrected chi connectivity index (χ3v) is 5.01. The molecule has 108 valence electrons. The summed E-state index contributed by atoms with van der Waals surface area (Å²) >= 11 is 0. The lowest BCUT2D eigenvalue weighted by Gasteiger charge is -2.40. The van der Waals surface area contributed by atoms with Crippen LogP contribution in [0, 0.1) is 16.7 Å². The molecule has 3 nitrogen and oxygen atoms in total. The van der Waals surface area contributed by atoms with Gasteiger partial charge in [-0.25, -0.2) is 0 Å². The number of hydrogen-bond donors (Lipinski definition) is 0. The van der Waals surface area contributed by atoms with E-state index in [2.05, 4.69) is 35.9 Å². The first-order chi connectivity index (χ1) is 10.2. The van der Waals surface area contributed by atoms with E-state index in [1.807, 2.05) is 18.2 Å². The van der Waals surface area contributed by atoms with Gasteiger partial charge in [0.1, 0.15) is 6.07 Å². The molecule has 1 aliphatic heterocycles. The highest BCUT2D eigenvalue weighted by atomic mass is 15.1. The molecule has 0 spiro atoms. The molecule has 3 heteroatoms. The second-order valence-electron chi connectivity index (χ2n) is 6.30. The van der Waals surface area contributed by atoms with Crippen molar-refractivity contribution in [3.8, 4) is 6.07 Å². The topological polar surface area (TPSA) is 39.9 Å². The molecule has 1 aliphatic rings. The van der Waals surface area contributed by atoms with Gasteiger partial charge in [0.05, 0.1) is 16.8 Å². The van der Waals surface area contributed by atoms with Gasteiger partial charge in [-0.05, 0) is 24.3 Å². The van der Waals surface area contributed by atoms with E-state index in [9.17, 15) is 5.26 Å². The minimum absolute atomic E-state index is 0.451. The van der Waals surface area contributed by atoms with Crippen LogP contribution in [0.5, 0.6) is 0 Å². The normalized spacial score (nSPS) is 17.7. The maximum absolute atomic E-state index is 9.44. The minimum atomic E-state index is 0.451. The van der Waals surface area contributed by atoms with Crippen LogP contribution >= 0.6 is 0 Å². The van der Waals surface area contributed by atoms with Gasteiger partial charge in [-0.3, -0.25) is 4.98 Å². The number of fused-ring (bicyclic) bond motifs is 1. The number of nitriles is 1. The summed E-state index contributed by atoms with van der Waals surface area (Å²) in [6.07, 6.45) is 5.31. The number of nitrogens with zero attached hydrogens (tertiary/aromatic N) is 3. The minimum Gasteiger partial charge on any atom is -0.370 e. The van der Waals surface area contributed by atoms with Crippen LogP contribution in [0.1, 0.15) is 38.7 Å². The zero-order chi connectivity index (χ0) is 14.9. The van der Waals surface area contributed by atoms with Gasteiger partial charge in [-0.15, -0.1) is 0 Å². The van der Waals surface area contributed by atoms with E-state index in [4.69, 9.17) is 0 Å². The molecule has 0 aliphatic carbocycles. The first-order valence-corrected chi connectivity index (χ1v) is 7.70. The molecule has 0 atom stereocenters. The summed E-state index contributed by atoms with van der Waals surface area (Å²) in [5, 5.41) is 10.5. The molecule has 0 unspecified atom stereocenters. The van der Waals surface area contributed by atoms with Gasteiger partial charge in [0, 0.05) is 24.7 Å². The number of pyridine rings is 1. The lowest BCUT2D eigenvalue weighted by Crippen LogP contribution is -2.38. The van der Waals surface area contributed by atoms with E-state index in [-0.39, 0.29) is 0 Å². The molecule has 1 aromatic heterocycles. The summed E-state index contributed by atoms with van der Waals surface area (Å²) in [6.45, 7) is 6.69. The Kier molecular flexibility index (Phi) is 3.55. The van der Waals surface area contributed by atoms with E-state index >= 15 is 0 Å². The molecular formula is C18H21N3. The molecule has 1 fully saturated rings. The fraction of sp³-hybridized carbons (Fsp3) is 0.444. The number of para-hydroxylation sites is 1. The average Bonchev–Trinajstić information content (AvgIpc) is 2.55. The van der Waals surface area contributed by atoms with E-state index in [0.717, 1.165) is 29.7 Å². The summed E-state index contributed by atoms with van der Waals surface area (Å²) in [7, 11) is 0. The predicted octanol–water partition coefficient (Wildman–Crippen LogP) is 4.12. The molecule has 21 heavy (non-hydrogen) atoms. The van der Waals surface area contributed by atoms with Gasteiger partial charge in [-0.1, -0.05) is 38.5 Å². The van der Waals surface area contributed by atoms with Crippen LogP contribution in [0.15, 0.2) is 30.5 Å². The van der Waals surface area contributed by atoms with E-state index in [1.165, 1.54) is 19.3 Å². The monoisotopic (exact) mass is 279 g/mol. The molecule has 2 aromatic rings. The third kappa shape index (κ3) is 2.47. The third-order valence-electron chi connectivity index (χ3n) is 5.01. The Bertz CT molecular complexity index is 691. The summed E-state index contributed by atoms with van der Waals surface area (Å²) in [5.74, 6) is 0.